The monoisotopic (exact) mass is 312 g/mol. The van der Waals surface area contributed by atoms with E-state index in [0.29, 0.717) is 21.4 Å². The molecule has 0 amide bonds. The first-order valence-corrected chi connectivity index (χ1v) is 6.74. The van der Waals surface area contributed by atoms with Crippen LogP contribution in [0.3, 0.4) is 0 Å². The first-order chi connectivity index (χ1) is 9.20. The highest BCUT2D eigenvalue weighted by Gasteiger charge is 2.26. The van der Waals surface area contributed by atoms with Crippen LogP contribution in [0.25, 0.3) is 5.69 Å². The fourth-order valence-electron chi connectivity index (χ4n) is 1.87. The topological polar surface area (TPSA) is 55.1 Å². The summed E-state index contributed by atoms with van der Waals surface area (Å²) in [5.74, 6) is -1.01. The van der Waals surface area contributed by atoms with Crippen molar-refractivity contribution >= 4 is 29.2 Å². The fraction of sp³-hybridized carbons (Fsp3) is 0.286. The number of rotatable bonds is 2. The number of aromatic nitrogens is 2. The average molecular weight is 313 g/mol. The van der Waals surface area contributed by atoms with Crippen LogP contribution in [0.5, 0.6) is 0 Å². The molecule has 0 saturated heterocycles. The van der Waals surface area contributed by atoms with Crippen LogP contribution in [-0.4, -0.2) is 20.9 Å². The first-order valence-electron chi connectivity index (χ1n) is 5.99. The van der Waals surface area contributed by atoms with Crippen LogP contribution in [-0.2, 0) is 5.41 Å². The molecule has 0 atom stereocenters. The van der Waals surface area contributed by atoms with Crippen LogP contribution < -0.4 is 0 Å². The zero-order chi connectivity index (χ0) is 15.1. The van der Waals surface area contributed by atoms with E-state index < -0.39 is 5.97 Å². The van der Waals surface area contributed by atoms with Gasteiger partial charge >= 0.3 is 5.97 Å². The predicted octanol–water partition coefficient (Wildman–Crippen LogP) is 4.17. The van der Waals surface area contributed by atoms with E-state index in [1.54, 1.807) is 18.2 Å². The van der Waals surface area contributed by atoms with Gasteiger partial charge in [-0.2, -0.15) is 5.10 Å². The Morgan fingerprint density at radius 3 is 2.40 bits per heavy atom. The molecule has 0 aliphatic rings. The molecule has 1 aromatic heterocycles. The van der Waals surface area contributed by atoms with E-state index in [0.717, 1.165) is 0 Å². The van der Waals surface area contributed by atoms with Gasteiger partial charge in [-0.25, -0.2) is 9.48 Å². The van der Waals surface area contributed by atoms with E-state index in [1.165, 1.54) is 10.9 Å². The van der Waals surface area contributed by atoms with Gasteiger partial charge in [0.15, 0.2) is 0 Å². The molecule has 1 heterocycles. The summed E-state index contributed by atoms with van der Waals surface area (Å²) in [7, 11) is 0. The summed E-state index contributed by atoms with van der Waals surface area (Å²) in [5.41, 5.74) is 0.895. The largest absolute Gasteiger partial charge is 0.478 e. The van der Waals surface area contributed by atoms with Gasteiger partial charge in [0.2, 0.25) is 0 Å². The van der Waals surface area contributed by atoms with E-state index in [1.807, 2.05) is 20.8 Å². The minimum Gasteiger partial charge on any atom is -0.478 e. The van der Waals surface area contributed by atoms with Crippen molar-refractivity contribution in [1.29, 1.82) is 0 Å². The predicted molar refractivity (Wildman–Crippen MR) is 79.2 cm³/mol. The zero-order valence-electron chi connectivity index (χ0n) is 11.3. The second-order valence-corrected chi connectivity index (χ2v) is 6.33. The third-order valence-electron chi connectivity index (χ3n) is 2.81. The van der Waals surface area contributed by atoms with E-state index >= 15 is 0 Å². The van der Waals surface area contributed by atoms with Crippen molar-refractivity contribution in [3.63, 3.8) is 0 Å². The molecule has 4 nitrogen and oxygen atoms in total. The number of halogens is 2. The van der Waals surface area contributed by atoms with Crippen molar-refractivity contribution in [2.24, 2.45) is 0 Å². The smallest absolute Gasteiger partial charge is 0.339 e. The van der Waals surface area contributed by atoms with Gasteiger partial charge in [-0.15, -0.1) is 0 Å². The van der Waals surface area contributed by atoms with Crippen molar-refractivity contribution in [2.75, 3.05) is 0 Å². The Balaban J connectivity index is 2.62. The molecule has 0 unspecified atom stereocenters. The Morgan fingerprint density at radius 2 is 1.95 bits per heavy atom. The van der Waals surface area contributed by atoms with Gasteiger partial charge in [0.05, 0.1) is 16.4 Å². The van der Waals surface area contributed by atoms with Crippen molar-refractivity contribution < 1.29 is 9.90 Å². The lowest BCUT2D eigenvalue weighted by Crippen LogP contribution is -2.16. The quantitative estimate of drug-likeness (QED) is 0.905. The van der Waals surface area contributed by atoms with Crippen LogP contribution >= 0.6 is 23.2 Å². The second kappa shape index (κ2) is 5.11. The molecule has 0 saturated carbocycles. The standard InChI is InChI=1S/C14H14Cl2N2O2/c1-14(2,3)12-9(13(19)20)7-18(17-12)11-5-4-8(15)6-10(11)16/h4-7H,1-3H3,(H,19,20). The molecule has 2 aromatic rings. The number of hydrogen-bond donors (Lipinski definition) is 1. The number of nitrogens with zero attached hydrogens (tertiary/aromatic N) is 2. The lowest BCUT2D eigenvalue weighted by Gasteiger charge is -2.16. The summed E-state index contributed by atoms with van der Waals surface area (Å²) >= 11 is 12.0. The summed E-state index contributed by atoms with van der Waals surface area (Å²) in [5, 5.41) is 14.6. The molecule has 6 heteroatoms. The summed E-state index contributed by atoms with van der Waals surface area (Å²) < 4.78 is 1.47. The van der Waals surface area contributed by atoms with Gasteiger partial charge in [0.25, 0.3) is 0 Å². The van der Waals surface area contributed by atoms with Crippen molar-refractivity contribution in [3.05, 3.63) is 45.7 Å². The number of benzene rings is 1. The molecular weight excluding hydrogens is 299 g/mol. The van der Waals surface area contributed by atoms with Crippen LogP contribution in [0.1, 0.15) is 36.8 Å². The molecule has 0 spiro atoms. The maximum Gasteiger partial charge on any atom is 0.339 e. The number of hydrogen-bond acceptors (Lipinski definition) is 2. The van der Waals surface area contributed by atoms with Crippen molar-refractivity contribution in [3.8, 4) is 5.69 Å². The molecule has 20 heavy (non-hydrogen) atoms. The molecule has 1 aromatic carbocycles. The minimum atomic E-state index is -1.01. The fourth-order valence-corrected chi connectivity index (χ4v) is 2.37. The molecule has 2 rings (SSSR count). The van der Waals surface area contributed by atoms with Crippen LogP contribution in [0.2, 0.25) is 10.0 Å². The van der Waals surface area contributed by atoms with Crippen molar-refractivity contribution in [1.82, 2.24) is 9.78 Å². The summed E-state index contributed by atoms with van der Waals surface area (Å²) in [6.07, 6.45) is 1.47. The van der Waals surface area contributed by atoms with Gasteiger partial charge in [-0.3, -0.25) is 0 Å². The molecule has 0 aliphatic heterocycles. The second-order valence-electron chi connectivity index (χ2n) is 5.49. The molecule has 0 radical (unpaired) electrons. The first kappa shape index (κ1) is 14.9. The van der Waals surface area contributed by atoms with Crippen molar-refractivity contribution in [2.45, 2.75) is 26.2 Å². The van der Waals surface area contributed by atoms with Gasteiger partial charge in [0, 0.05) is 16.6 Å². The van der Waals surface area contributed by atoms with Gasteiger partial charge < -0.3 is 5.11 Å². The Bertz CT molecular complexity index is 672. The molecule has 106 valence electrons. The Hall–Kier alpha value is -1.52. The highest BCUT2D eigenvalue weighted by Crippen LogP contribution is 2.28. The normalized spacial score (nSPS) is 11.7. The maximum absolute atomic E-state index is 11.3. The molecular formula is C14H14Cl2N2O2. The lowest BCUT2D eigenvalue weighted by molar-refractivity contribution is 0.0694. The van der Waals surface area contributed by atoms with Gasteiger partial charge in [-0.05, 0) is 18.2 Å². The highest BCUT2D eigenvalue weighted by atomic mass is 35.5. The average Bonchev–Trinajstić information content (AvgIpc) is 2.73. The van der Waals surface area contributed by atoms with E-state index in [9.17, 15) is 9.90 Å². The van der Waals surface area contributed by atoms with Crippen LogP contribution in [0.15, 0.2) is 24.4 Å². The number of carboxylic acids is 1. The molecule has 0 bridgehead atoms. The van der Waals surface area contributed by atoms with Crippen LogP contribution in [0.4, 0.5) is 0 Å². The minimum absolute atomic E-state index is 0.170. The maximum atomic E-state index is 11.3. The summed E-state index contributed by atoms with van der Waals surface area (Å²) in [6.45, 7) is 5.74. The summed E-state index contributed by atoms with van der Waals surface area (Å²) in [4.78, 5) is 11.3. The molecule has 0 aliphatic carbocycles. The molecule has 0 fully saturated rings. The third kappa shape index (κ3) is 2.81. The van der Waals surface area contributed by atoms with E-state index in [-0.39, 0.29) is 11.0 Å². The number of carbonyl (C=O) groups is 1. The Morgan fingerprint density at radius 1 is 1.30 bits per heavy atom. The van der Waals surface area contributed by atoms with E-state index in [2.05, 4.69) is 5.10 Å². The zero-order valence-corrected chi connectivity index (χ0v) is 12.8. The molecule has 1 N–H and O–H groups in total. The number of carboxylic acid groups (broad SMARTS) is 1. The highest BCUT2D eigenvalue weighted by molar-refractivity contribution is 6.35. The summed E-state index contributed by atoms with van der Waals surface area (Å²) in [6, 6.07) is 4.98. The third-order valence-corrected chi connectivity index (χ3v) is 3.35. The Kier molecular flexibility index (Phi) is 3.80. The Labute approximate surface area is 126 Å². The van der Waals surface area contributed by atoms with Gasteiger partial charge in [0.1, 0.15) is 5.56 Å². The van der Waals surface area contributed by atoms with Crippen LogP contribution in [0, 0.1) is 0 Å². The number of aromatic carboxylic acids is 1. The van der Waals surface area contributed by atoms with Gasteiger partial charge in [-0.1, -0.05) is 44.0 Å². The SMILES string of the molecule is CC(C)(C)c1nn(-c2ccc(Cl)cc2Cl)cc1C(=O)O. The lowest BCUT2D eigenvalue weighted by atomic mass is 9.90. The van der Waals surface area contributed by atoms with E-state index in [4.69, 9.17) is 23.2 Å².